The monoisotopic (exact) mass is 442 g/mol. The Hall–Kier alpha value is -2.51. The highest BCUT2D eigenvalue weighted by Crippen LogP contribution is 2.36. The summed E-state index contributed by atoms with van der Waals surface area (Å²) in [6.45, 7) is 0.435. The highest BCUT2D eigenvalue weighted by atomic mass is 31.2. The van der Waals surface area contributed by atoms with Gasteiger partial charge in [0.1, 0.15) is 18.3 Å². The Balaban J connectivity index is 2.02. The van der Waals surface area contributed by atoms with E-state index < -0.39 is 50.5 Å². The van der Waals surface area contributed by atoms with E-state index in [9.17, 15) is 29.5 Å². The van der Waals surface area contributed by atoms with Crippen LogP contribution in [0.1, 0.15) is 5.56 Å². The molecule has 14 heteroatoms. The number of aliphatic hydroxyl groups excluding tert-OH is 3. The van der Waals surface area contributed by atoms with Crippen molar-refractivity contribution in [1.82, 2.24) is 19.5 Å². The summed E-state index contributed by atoms with van der Waals surface area (Å²) in [5.41, 5.74) is -0.304. The highest BCUT2D eigenvalue weighted by Gasteiger charge is 2.29. The lowest BCUT2D eigenvalue weighted by atomic mass is 10.1. The lowest BCUT2D eigenvalue weighted by Gasteiger charge is -2.25. The van der Waals surface area contributed by atoms with Gasteiger partial charge in [0.2, 0.25) is 0 Å². The number of nitrogens with one attached hydrogen (secondary N) is 1. The molecule has 0 spiro atoms. The van der Waals surface area contributed by atoms with E-state index in [2.05, 4.69) is 14.5 Å². The van der Waals surface area contributed by atoms with Crippen LogP contribution in [0, 0.1) is 6.92 Å². The SMILES string of the molecule is Cc1ccc2c(c1)nc1c(=O)[nH]c(=O)nc-1n2C[C@@H](O)[C@@H](O)[C@@H](O)COP(=O)(O)O. The maximum absolute atomic E-state index is 12.2. The van der Waals surface area contributed by atoms with Gasteiger partial charge in [0, 0.05) is 0 Å². The third-order valence-electron chi connectivity index (χ3n) is 4.34. The lowest BCUT2D eigenvalue weighted by Crippen LogP contribution is -2.42. The van der Waals surface area contributed by atoms with Crippen LogP contribution in [0.5, 0.6) is 0 Å². The zero-order chi connectivity index (χ0) is 22.2. The average molecular weight is 442 g/mol. The first-order chi connectivity index (χ1) is 14.0. The van der Waals surface area contributed by atoms with Crippen LogP contribution in [0.3, 0.4) is 0 Å². The molecule has 0 aliphatic carbocycles. The maximum Gasteiger partial charge on any atom is 0.469 e. The minimum absolute atomic E-state index is 0.146. The fourth-order valence-electron chi connectivity index (χ4n) is 2.92. The normalized spacial score (nSPS) is 15.4. The molecule has 0 fully saturated rings. The highest BCUT2D eigenvalue weighted by molar-refractivity contribution is 7.46. The van der Waals surface area contributed by atoms with Crippen molar-refractivity contribution in [1.29, 1.82) is 0 Å². The van der Waals surface area contributed by atoms with E-state index in [1.54, 1.807) is 25.1 Å². The molecule has 0 bridgehead atoms. The van der Waals surface area contributed by atoms with Crippen LogP contribution in [-0.4, -0.2) is 69.5 Å². The molecule has 0 saturated heterocycles. The van der Waals surface area contributed by atoms with Gasteiger partial charge in [-0.25, -0.2) is 14.3 Å². The molecular weight excluding hydrogens is 423 g/mol. The van der Waals surface area contributed by atoms with Gasteiger partial charge in [-0.2, -0.15) is 4.98 Å². The van der Waals surface area contributed by atoms with Crippen LogP contribution >= 0.6 is 7.82 Å². The van der Waals surface area contributed by atoms with Gasteiger partial charge in [0.25, 0.3) is 5.56 Å². The van der Waals surface area contributed by atoms with Crippen molar-refractivity contribution < 1.29 is 34.2 Å². The topological polar surface area (TPSA) is 208 Å². The molecule has 3 rings (SSSR count). The van der Waals surface area contributed by atoms with Crippen LogP contribution < -0.4 is 11.2 Å². The molecule has 0 radical (unpaired) electrons. The Labute approximate surface area is 167 Å². The molecule has 0 aromatic heterocycles. The minimum Gasteiger partial charge on any atom is -0.388 e. The second-order valence-corrected chi connectivity index (χ2v) is 7.91. The van der Waals surface area contributed by atoms with Crippen molar-refractivity contribution in [3.8, 4) is 11.5 Å². The zero-order valence-electron chi connectivity index (χ0n) is 15.5. The molecule has 13 nitrogen and oxygen atoms in total. The predicted molar refractivity (Wildman–Crippen MR) is 102 cm³/mol. The van der Waals surface area contributed by atoms with E-state index in [1.165, 1.54) is 4.57 Å². The van der Waals surface area contributed by atoms with Crippen LogP contribution in [0.2, 0.25) is 0 Å². The molecular formula is C16H19N4O9P. The van der Waals surface area contributed by atoms with E-state index in [4.69, 9.17) is 9.79 Å². The number of hydrogen-bond acceptors (Lipinski definition) is 9. The number of phosphoric ester groups is 1. The Kier molecular flexibility index (Phi) is 6.15. The van der Waals surface area contributed by atoms with Gasteiger partial charge in [-0.05, 0) is 24.6 Å². The summed E-state index contributed by atoms with van der Waals surface area (Å²) in [4.78, 5) is 51.2. The molecule has 0 unspecified atom stereocenters. The first kappa shape index (κ1) is 22.2. The number of rotatable bonds is 7. The van der Waals surface area contributed by atoms with E-state index in [-0.39, 0.29) is 11.5 Å². The summed E-state index contributed by atoms with van der Waals surface area (Å²) in [5.74, 6) is -0.146. The van der Waals surface area contributed by atoms with E-state index in [0.29, 0.717) is 11.0 Å². The Morgan fingerprint density at radius 3 is 2.53 bits per heavy atom. The molecule has 0 saturated carbocycles. The second-order valence-electron chi connectivity index (χ2n) is 6.67. The number of hydrogen-bond donors (Lipinski definition) is 6. The van der Waals surface area contributed by atoms with Gasteiger partial charge in [-0.15, -0.1) is 0 Å². The van der Waals surface area contributed by atoms with Gasteiger partial charge in [-0.1, -0.05) is 6.07 Å². The molecule has 2 heterocycles. The summed E-state index contributed by atoms with van der Waals surface area (Å²) in [6, 6.07) is 5.02. The van der Waals surface area contributed by atoms with Crippen molar-refractivity contribution in [2.75, 3.05) is 6.61 Å². The molecule has 1 aromatic carbocycles. The fourth-order valence-corrected chi connectivity index (χ4v) is 3.27. The van der Waals surface area contributed by atoms with Crippen molar-refractivity contribution in [3.63, 3.8) is 0 Å². The number of aryl methyl sites for hydroxylation is 1. The smallest absolute Gasteiger partial charge is 0.388 e. The number of aliphatic hydroxyl groups is 3. The van der Waals surface area contributed by atoms with Gasteiger partial charge >= 0.3 is 13.5 Å². The van der Waals surface area contributed by atoms with Gasteiger partial charge < -0.3 is 29.7 Å². The second kappa shape index (κ2) is 8.32. The predicted octanol–water partition coefficient (Wildman–Crippen LogP) is -1.91. The van der Waals surface area contributed by atoms with E-state index in [0.717, 1.165) is 5.56 Å². The number of H-pyrrole nitrogens is 1. The summed E-state index contributed by atoms with van der Waals surface area (Å²) < 4.78 is 16.2. The van der Waals surface area contributed by atoms with Gasteiger partial charge in [0.15, 0.2) is 11.5 Å². The van der Waals surface area contributed by atoms with Gasteiger partial charge in [-0.3, -0.25) is 14.3 Å². The minimum atomic E-state index is -4.89. The van der Waals surface area contributed by atoms with E-state index >= 15 is 0 Å². The largest absolute Gasteiger partial charge is 0.469 e. The number of aromatic nitrogens is 4. The quantitative estimate of drug-likeness (QED) is 0.176. The van der Waals surface area contributed by atoms with Crippen molar-refractivity contribution in [3.05, 3.63) is 44.6 Å². The standard InChI is InChI=1S/C16H19N4O9P/c1-7-2-3-9-8(4-7)17-12-14(18-16(25)19-15(12)24)20(9)5-10(21)13(23)11(22)6-29-30(26,27)28/h2-4,10-11,13,21-23H,5-6H2,1H3,(H,19,24,25)(H2,26,27,28)/t10-,11+,13-/m1/s1. The molecule has 30 heavy (non-hydrogen) atoms. The molecule has 1 aromatic rings. The molecule has 3 atom stereocenters. The van der Waals surface area contributed by atoms with Crippen LogP contribution in [0.25, 0.3) is 22.6 Å². The van der Waals surface area contributed by atoms with Crippen LogP contribution in [-0.2, 0) is 15.6 Å². The van der Waals surface area contributed by atoms with Crippen molar-refractivity contribution in [2.45, 2.75) is 31.8 Å². The van der Waals surface area contributed by atoms with Gasteiger partial charge in [0.05, 0.1) is 24.2 Å². The van der Waals surface area contributed by atoms with E-state index in [1.807, 2.05) is 4.98 Å². The number of aromatic amines is 1. The van der Waals surface area contributed by atoms with Crippen molar-refractivity contribution >= 4 is 18.9 Å². The number of benzene rings is 1. The third-order valence-corrected chi connectivity index (χ3v) is 4.82. The maximum atomic E-state index is 12.2. The summed E-state index contributed by atoms with van der Waals surface area (Å²) in [5, 5.41) is 30.4. The van der Waals surface area contributed by atoms with Crippen molar-refractivity contribution in [2.24, 2.45) is 0 Å². The molecule has 162 valence electrons. The number of phosphoric acid groups is 1. The summed E-state index contributed by atoms with van der Waals surface area (Å²) in [7, 11) is -4.89. The molecule has 6 N–H and O–H groups in total. The fraction of sp³-hybridized carbons (Fsp3) is 0.375. The first-order valence-electron chi connectivity index (χ1n) is 8.62. The lowest BCUT2D eigenvalue weighted by molar-refractivity contribution is -0.0793. The number of nitrogens with zero attached hydrogens (tertiary/aromatic N) is 3. The Morgan fingerprint density at radius 1 is 1.17 bits per heavy atom. The summed E-state index contributed by atoms with van der Waals surface area (Å²) >= 11 is 0. The number of fused-ring (bicyclic) bond motifs is 2. The first-order valence-corrected chi connectivity index (χ1v) is 10.1. The zero-order valence-corrected chi connectivity index (χ0v) is 16.4. The van der Waals surface area contributed by atoms with Crippen LogP contribution in [0.4, 0.5) is 0 Å². The Bertz CT molecular complexity index is 1200. The molecule has 2 aliphatic rings. The third kappa shape index (κ3) is 4.79. The van der Waals surface area contributed by atoms with Crippen LogP contribution in [0.15, 0.2) is 27.8 Å². The summed E-state index contributed by atoms with van der Waals surface area (Å²) in [6.07, 6.45) is -5.39. The Morgan fingerprint density at radius 2 is 1.87 bits per heavy atom. The molecule has 2 aliphatic heterocycles. The molecule has 0 amide bonds. The average Bonchev–Trinajstić information content (AvgIpc) is 2.65.